The number of rotatable bonds is 4. The first-order valence-electron chi connectivity index (χ1n) is 5.70. The number of carboxylic acids is 1. The van der Waals surface area contributed by atoms with E-state index in [0.29, 0.717) is 5.56 Å². The number of aliphatic carboxylic acids is 1. The fraction of sp³-hybridized carbons (Fsp3) is 0.143. The van der Waals surface area contributed by atoms with E-state index in [1.54, 1.807) is 24.3 Å². The number of nitrogens with zero attached hydrogens (tertiary/aromatic N) is 1. The minimum atomic E-state index is -1.43. The Kier molecular flexibility index (Phi) is 3.46. The van der Waals surface area contributed by atoms with Gasteiger partial charge in [-0.3, -0.25) is 4.98 Å². The summed E-state index contributed by atoms with van der Waals surface area (Å²) >= 11 is 0. The lowest BCUT2D eigenvalue weighted by atomic mass is 9.92. The van der Waals surface area contributed by atoms with Crippen molar-refractivity contribution in [3.05, 3.63) is 60.2 Å². The first kappa shape index (κ1) is 13.0. The fourth-order valence-corrected chi connectivity index (χ4v) is 1.77. The molecule has 0 radical (unpaired) electrons. The highest BCUT2D eigenvalue weighted by molar-refractivity contribution is 5.84. The van der Waals surface area contributed by atoms with Crippen LogP contribution in [0.25, 0.3) is 0 Å². The van der Waals surface area contributed by atoms with Crippen LogP contribution in [0.4, 0.5) is 10.1 Å². The third kappa shape index (κ3) is 2.54. The van der Waals surface area contributed by atoms with Gasteiger partial charge in [0.15, 0.2) is 5.54 Å². The summed E-state index contributed by atoms with van der Waals surface area (Å²) < 4.78 is 13.6. The first-order valence-corrected chi connectivity index (χ1v) is 5.70. The van der Waals surface area contributed by atoms with Gasteiger partial charge in [-0.25, -0.2) is 9.18 Å². The number of halogens is 1. The molecule has 0 amide bonds. The number of aromatic nitrogens is 1. The van der Waals surface area contributed by atoms with Crippen LogP contribution in [0.3, 0.4) is 0 Å². The predicted octanol–water partition coefficient (Wildman–Crippen LogP) is 2.63. The van der Waals surface area contributed by atoms with Gasteiger partial charge in [-0.15, -0.1) is 0 Å². The summed E-state index contributed by atoms with van der Waals surface area (Å²) in [4.78, 5) is 15.4. The van der Waals surface area contributed by atoms with E-state index in [4.69, 9.17) is 0 Å². The van der Waals surface area contributed by atoms with Crippen LogP contribution in [-0.4, -0.2) is 16.1 Å². The second-order valence-corrected chi connectivity index (χ2v) is 4.27. The number of carboxylic acid groups (broad SMARTS) is 1. The number of anilines is 1. The molecule has 0 aliphatic heterocycles. The maximum absolute atomic E-state index is 13.6. The molecule has 1 aromatic carbocycles. The van der Waals surface area contributed by atoms with E-state index < -0.39 is 17.3 Å². The van der Waals surface area contributed by atoms with Gasteiger partial charge in [0.1, 0.15) is 5.82 Å². The average Bonchev–Trinajstić information content (AvgIpc) is 2.42. The Labute approximate surface area is 109 Å². The second-order valence-electron chi connectivity index (χ2n) is 4.27. The van der Waals surface area contributed by atoms with Gasteiger partial charge >= 0.3 is 5.97 Å². The van der Waals surface area contributed by atoms with E-state index in [1.165, 1.54) is 31.5 Å². The molecular weight excluding hydrogens is 247 g/mol. The average molecular weight is 260 g/mol. The maximum atomic E-state index is 13.6. The lowest BCUT2D eigenvalue weighted by molar-refractivity contribution is -0.142. The summed E-state index contributed by atoms with van der Waals surface area (Å²) in [6.45, 7) is 1.48. The largest absolute Gasteiger partial charge is 0.479 e. The van der Waals surface area contributed by atoms with Gasteiger partial charge in [0.05, 0.1) is 5.69 Å². The summed E-state index contributed by atoms with van der Waals surface area (Å²) in [6.07, 6.45) is 3.00. The van der Waals surface area contributed by atoms with E-state index in [0.717, 1.165) is 0 Å². The van der Waals surface area contributed by atoms with Crippen LogP contribution < -0.4 is 5.32 Å². The van der Waals surface area contributed by atoms with Gasteiger partial charge in [0.25, 0.3) is 0 Å². The summed E-state index contributed by atoms with van der Waals surface area (Å²) in [6, 6.07) is 9.13. The van der Waals surface area contributed by atoms with Gasteiger partial charge in [-0.1, -0.05) is 12.1 Å². The molecule has 0 aliphatic rings. The molecule has 2 N–H and O–H groups in total. The van der Waals surface area contributed by atoms with Crippen molar-refractivity contribution in [3.8, 4) is 0 Å². The molecule has 1 aromatic heterocycles. The van der Waals surface area contributed by atoms with Crippen molar-refractivity contribution in [1.82, 2.24) is 4.98 Å². The molecule has 1 heterocycles. The van der Waals surface area contributed by atoms with Gasteiger partial charge in [0.2, 0.25) is 0 Å². The van der Waals surface area contributed by atoms with Crippen molar-refractivity contribution >= 4 is 11.7 Å². The van der Waals surface area contributed by atoms with Crippen LogP contribution in [0.15, 0.2) is 48.8 Å². The van der Waals surface area contributed by atoms with Gasteiger partial charge < -0.3 is 10.4 Å². The van der Waals surface area contributed by atoms with Crippen LogP contribution in [0.2, 0.25) is 0 Å². The molecule has 19 heavy (non-hydrogen) atoms. The molecule has 2 aromatic rings. The number of benzene rings is 1. The molecular formula is C14H13FN2O2. The lowest BCUT2D eigenvalue weighted by Crippen LogP contribution is -2.40. The van der Waals surface area contributed by atoms with Crippen LogP contribution >= 0.6 is 0 Å². The first-order chi connectivity index (χ1) is 9.04. The maximum Gasteiger partial charge on any atom is 0.333 e. The number of nitrogens with one attached hydrogen (secondary N) is 1. The van der Waals surface area contributed by atoms with Crippen molar-refractivity contribution in [2.75, 3.05) is 5.32 Å². The zero-order valence-electron chi connectivity index (χ0n) is 10.3. The molecule has 0 fully saturated rings. The molecule has 4 nitrogen and oxygen atoms in total. The molecule has 0 bridgehead atoms. The number of para-hydroxylation sites is 1. The Morgan fingerprint density at radius 3 is 2.47 bits per heavy atom. The Balaban J connectivity index is 2.42. The van der Waals surface area contributed by atoms with Crippen molar-refractivity contribution in [2.45, 2.75) is 12.5 Å². The molecule has 0 spiro atoms. The molecule has 0 saturated carbocycles. The fourth-order valence-electron chi connectivity index (χ4n) is 1.77. The number of pyridine rings is 1. The highest BCUT2D eigenvalue weighted by Crippen LogP contribution is 2.27. The van der Waals surface area contributed by atoms with Crippen LogP contribution in [0, 0.1) is 5.82 Å². The summed E-state index contributed by atoms with van der Waals surface area (Å²) in [7, 11) is 0. The highest BCUT2D eigenvalue weighted by Gasteiger charge is 2.35. The third-order valence-electron chi connectivity index (χ3n) is 2.94. The molecule has 5 heteroatoms. The van der Waals surface area contributed by atoms with E-state index in [2.05, 4.69) is 10.3 Å². The predicted molar refractivity (Wildman–Crippen MR) is 69.2 cm³/mol. The summed E-state index contributed by atoms with van der Waals surface area (Å²) in [5.41, 5.74) is -0.784. The quantitative estimate of drug-likeness (QED) is 0.887. The van der Waals surface area contributed by atoms with E-state index in [1.807, 2.05) is 0 Å². The SMILES string of the molecule is CC(Nc1ccccc1F)(C(=O)O)c1ccncc1. The zero-order chi connectivity index (χ0) is 13.9. The number of hydrogen-bond donors (Lipinski definition) is 2. The standard InChI is InChI=1S/C14H13FN2O2/c1-14(13(18)19,10-6-8-16-9-7-10)17-12-5-3-2-4-11(12)15/h2-9,17H,1H3,(H,18,19). The summed E-state index contributed by atoms with van der Waals surface area (Å²) in [5.74, 6) is -1.59. The van der Waals surface area contributed by atoms with Crippen molar-refractivity contribution in [2.24, 2.45) is 0 Å². The van der Waals surface area contributed by atoms with E-state index in [9.17, 15) is 14.3 Å². The van der Waals surface area contributed by atoms with Crippen molar-refractivity contribution in [3.63, 3.8) is 0 Å². The van der Waals surface area contributed by atoms with Crippen molar-refractivity contribution < 1.29 is 14.3 Å². The number of carbonyl (C=O) groups is 1. The Bertz CT molecular complexity index is 589. The molecule has 0 aliphatic carbocycles. The lowest BCUT2D eigenvalue weighted by Gasteiger charge is -2.28. The highest BCUT2D eigenvalue weighted by atomic mass is 19.1. The van der Waals surface area contributed by atoms with Crippen LogP contribution in [-0.2, 0) is 10.3 Å². The van der Waals surface area contributed by atoms with Crippen molar-refractivity contribution in [1.29, 1.82) is 0 Å². The zero-order valence-corrected chi connectivity index (χ0v) is 10.3. The monoisotopic (exact) mass is 260 g/mol. The van der Waals surface area contributed by atoms with Gasteiger partial charge in [0, 0.05) is 12.4 Å². The van der Waals surface area contributed by atoms with Gasteiger partial charge in [-0.05, 0) is 36.8 Å². The second kappa shape index (κ2) is 5.06. The molecule has 2 rings (SSSR count). The van der Waals surface area contributed by atoms with Crippen LogP contribution in [0.1, 0.15) is 12.5 Å². The molecule has 1 unspecified atom stereocenters. The van der Waals surface area contributed by atoms with E-state index in [-0.39, 0.29) is 5.69 Å². The minimum Gasteiger partial charge on any atom is -0.479 e. The molecule has 1 atom stereocenters. The normalized spacial score (nSPS) is 13.6. The smallest absolute Gasteiger partial charge is 0.333 e. The minimum absolute atomic E-state index is 0.143. The summed E-state index contributed by atoms with van der Waals surface area (Å²) in [5, 5.41) is 12.2. The Morgan fingerprint density at radius 2 is 1.89 bits per heavy atom. The van der Waals surface area contributed by atoms with Crippen LogP contribution in [0.5, 0.6) is 0 Å². The van der Waals surface area contributed by atoms with Gasteiger partial charge in [-0.2, -0.15) is 0 Å². The Hall–Kier alpha value is -2.43. The third-order valence-corrected chi connectivity index (χ3v) is 2.94. The molecule has 98 valence electrons. The van der Waals surface area contributed by atoms with E-state index >= 15 is 0 Å². The molecule has 0 saturated heterocycles. The Morgan fingerprint density at radius 1 is 1.26 bits per heavy atom. The number of hydrogen-bond acceptors (Lipinski definition) is 3. The topological polar surface area (TPSA) is 62.2 Å².